The van der Waals surface area contributed by atoms with E-state index in [1.807, 2.05) is 0 Å². The molecule has 0 saturated carbocycles. The average molecular weight is 178 g/mol. The van der Waals surface area contributed by atoms with Gasteiger partial charge in [0.2, 0.25) is 5.78 Å². The number of carbonyl (C=O) groups excluding carboxylic acids is 3. The minimum atomic E-state index is -1.19. The van der Waals surface area contributed by atoms with Crippen LogP contribution < -0.4 is 0 Å². The highest BCUT2D eigenvalue weighted by Crippen LogP contribution is 1.66. The van der Waals surface area contributed by atoms with E-state index in [4.69, 9.17) is 15.3 Å². The number of ketones is 1. The standard InChI is InChI=1S/C3H6O3.C3H4O3/c2*4-1-3(6)2-5/h1,3,5-6H,2H2;1,5H,2H2/t3-;/m0./s1. The largest absolute Gasteiger partial charge is 0.393 e. The van der Waals surface area contributed by atoms with Gasteiger partial charge < -0.3 is 20.1 Å². The molecule has 0 amide bonds. The number of rotatable bonds is 4. The zero-order valence-electron chi connectivity index (χ0n) is 6.21. The summed E-state index contributed by atoms with van der Waals surface area (Å²) < 4.78 is 0. The maximum Gasteiger partial charge on any atom is 0.220 e. The Bertz CT molecular complexity index is 143. The zero-order chi connectivity index (χ0) is 9.98. The van der Waals surface area contributed by atoms with E-state index in [1.165, 1.54) is 0 Å². The first kappa shape index (κ1) is 13.5. The molecule has 0 aliphatic rings. The molecule has 0 unspecified atom stereocenters. The molecule has 0 bridgehead atoms. The molecule has 0 aromatic rings. The second-order valence-electron chi connectivity index (χ2n) is 1.63. The van der Waals surface area contributed by atoms with E-state index in [1.54, 1.807) is 0 Å². The maximum absolute atomic E-state index is 9.56. The number of aliphatic hydroxyl groups excluding tert-OH is 3. The Balaban J connectivity index is 0. The number of Topliss-reactive ketones (excluding diaryl/α,β-unsaturated/α-hetero) is 1. The highest BCUT2D eigenvalue weighted by molar-refractivity contribution is 6.25. The van der Waals surface area contributed by atoms with Gasteiger partial charge in [0.25, 0.3) is 0 Å². The fraction of sp³-hybridized carbons (Fsp3) is 0.500. The van der Waals surface area contributed by atoms with E-state index in [9.17, 15) is 14.4 Å². The smallest absolute Gasteiger partial charge is 0.220 e. The Kier molecular flexibility index (Phi) is 11.1. The summed E-state index contributed by atoms with van der Waals surface area (Å²) in [4.78, 5) is 28.1. The minimum Gasteiger partial charge on any atom is -0.393 e. The van der Waals surface area contributed by atoms with Gasteiger partial charge in [0.05, 0.1) is 6.61 Å². The van der Waals surface area contributed by atoms with Crippen molar-refractivity contribution in [1.82, 2.24) is 0 Å². The molecule has 0 aromatic carbocycles. The molecule has 0 fully saturated rings. The first-order valence-electron chi connectivity index (χ1n) is 2.95. The van der Waals surface area contributed by atoms with Crippen LogP contribution in [0.2, 0.25) is 0 Å². The van der Waals surface area contributed by atoms with Crippen LogP contribution in [0.4, 0.5) is 0 Å². The summed E-state index contributed by atoms with van der Waals surface area (Å²) in [5, 5.41) is 23.7. The third-order valence-corrected chi connectivity index (χ3v) is 0.631. The predicted octanol–water partition coefficient (Wildman–Crippen LogP) is -2.71. The molecule has 0 spiro atoms. The summed E-state index contributed by atoms with van der Waals surface area (Å²) in [5.74, 6) is -0.782. The van der Waals surface area contributed by atoms with Crippen LogP contribution in [0.15, 0.2) is 0 Å². The van der Waals surface area contributed by atoms with Gasteiger partial charge in [-0.1, -0.05) is 0 Å². The van der Waals surface area contributed by atoms with Crippen molar-refractivity contribution < 1.29 is 29.7 Å². The van der Waals surface area contributed by atoms with Crippen LogP contribution in [0.1, 0.15) is 0 Å². The lowest BCUT2D eigenvalue weighted by molar-refractivity contribution is -0.131. The molecule has 70 valence electrons. The lowest BCUT2D eigenvalue weighted by Crippen LogP contribution is -2.12. The number of hydrogen-bond acceptors (Lipinski definition) is 6. The summed E-state index contributed by atoms with van der Waals surface area (Å²) in [6, 6.07) is 0. The van der Waals surface area contributed by atoms with Gasteiger partial charge in [-0.25, -0.2) is 0 Å². The SMILES string of the molecule is O=CC(=O)CO.O=C[C@H](O)CO. The molecule has 6 heteroatoms. The summed E-state index contributed by atoms with van der Waals surface area (Å²) >= 11 is 0. The van der Waals surface area contributed by atoms with Gasteiger partial charge in [0.1, 0.15) is 12.7 Å². The number of carbonyl (C=O) groups is 3. The molecule has 0 saturated heterocycles. The first-order valence-corrected chi connectivity index (χ1v) is 2.95. The highest BCUT2D eigenvalue weighted by Gasteiger charge is 1.92. The Hall–Kier alpha value is -1.11. The van der Waals surface area contributed by atoms with Crippen molar-refractivity contribution in [3.8, 4) is 0 Å². The fourth-order valence-electron chi connectivity index (χ4n) is 0.0803. The lowest BCUT2D eigenvalue weighted by Gasteiger charge is -1.89. The molecule has 0 aliphatic heterocycles. The van der Waals surface area contributed by atoms with Crippen LogP contribution in [0.3, 0.4) is 0 Å². The maximum atomic E-state index is 9.56. The molecule has 12 heavy (non-hydrogen) atoms. The van der Waals surface area contributed by atoms with Crippen LogP contribution >= 0.6 is 0 Å². The average Bonchev–Trinajstić information content (AvgIpc) is 2.16. The van der Waals surface area contributed by atoms with Gasteiger partial charge in [-0.2, -0.15) is 0 Å². The van der Waals surface area contributed by atoms with E-state index >= 15 is 0 Å². The van der Waals surface area contributed by atoms with Crippen molar-refractivity contribution in [1.29, 1.82) is 0 Å². The summed E-state index contributed by atoms with van der Waals surface area (Å²) in [7, 11) is 0. The molecule has 0 aliphatic carbocycles. The zero-order valence-corrected chi connectivity index (χ0v) is 6.21. The minimum absolute atomic E-state index is 0.0833. The van der Waals surface area contributed by atoms with Crippen LogP contribution in [-0.4, -0.2) is 53.0 Å². The number of aliphatic hydroxyl groups is 3. The van der Waals surface area contributed by atoms with E-state index < -0.39 is 25.1 Å². The van der Waals surface area contributed by atoms with Crippen molar-refractivity contribution in [2.45, 2.75) is 6.10 Å². The van der Waals surface area contributed by atoms with E-state index in [0.717, 1.165) is 0 Å². The quantitative estimate of drug-likeness (QED) is 0.318. The van der Waals surface area contributed by atoms with Gasteiger partial charge >= 0.3 is 0 Å². The Labute approximate surface area is 68.4 Å². The van der Waals surface area contributed by atoms with Crippen LogP contribution in [-0.2, 0) is 14.4 Å². The van der Waals surface area contributed by atoms with Crippen molar-refractivity contribution in [2.75, 3.05) is 13.2 Å². The van der Waals surface area contributed by atoms with E-state index in [-0.39, 0.29) is 12.6 Å². The topological polar surface area (TPSA) is 112 Å². The van der Waals surface area contributed by atoms with E-state index in [2.05, 4.69) is 0 Å². The fourth-order valence-corrected chi connectivity index (χ4v) is 0.0803. The van der Waals surface area contributed by atoms with Crippen LogP contribution in [0, 0.1) is 0 Å². The van der Waals surface area contributed by atoms with E-state index in [0.29, 0.717) is 0 Å². The first-order chi connectivity index (χ1) is 5.62. The Morgan fingerprint density at radius 1 is 1.33 bits per heavy atom. The molecular weight excluding hydrogens is 168 g/mol. The van der Waals surface area contributed by atoms with Crippen LogP contribution in [0.25, 0.3) is 0 Å². The number of aldehydes is 2. The second kappa shape index (κ2) is 9.89. The van der Waals surface area contributed by atoms with Gasteiger partial charge in [0.15, 0.2) is 12.6 Å². The van der Waals surface area contributed by atoms with Gasteiger partial charge in [-0.05, 0) is 0 Å². The number of hydrogen-bond donors (Lipinski definition) is 3. The summed E-state index contributed by atoms with van der Waals surface area (Å²) in [6.07, 6.45) is -0.829. The van der Waals surface area contributed by atoms with Crippen molar-refractivity contribution in [2.24, 2.45) is 0 Å². The predicted molar refractivity (Wildman–Crippen MR) is 37.3 cm³/mol. The Morgan fingerprint density at radius 3 is 1.83 bits per heavy atom. The highest BCUT2D eigenvalue weighted by atomic mass is 16.3. The molecular formula is C6H10O6. The van der Waals surface area contributed by atoms with Crippen molar-refractivity contribution >= 4 is 18.4 Å². The third kappa shape index (κ3) is 11.7. The lowest BCUT2D eigenvalue weighted by atomic mass is 10.4. The molecule has 6 nitrogen and oxygen atoms in total. The van der Waals surface area contributed by atoms with Crippen molar-refractivity contribution in [3.05, 3.63) is 0 Å². The molecule has 3 N–H and O–H groups in total. The third-order valence-electron chi connectivity index (χ3n) is 0.631. The van der Waals surface area contributed by atoms with Crippen molar-refractivity contribution in [3.63, 3.8) is 0 Å². The molecule has 0 heterocycles. The van der Waals surface area contributed by atoms with Gasteiger partial charge in [0, 0.05) is 0 Å². The van der Waals surface area contributed by atoms with Crippen LogP contribution in [0.5, 0.6) is 0 Å². The van der Waals surface area contributed by atoms with Gasteiger partial charge in [-0.3, -0.25) is 9.59 Å². The summed E-state index contributed by atoms with van der Waals surface area (Å²) in [5.41, 5.74) is 0. The molecule has 0 aromatic heterocycles. The normalized spacial score (nSPS) is 10.6. The molecule has 1 atom stereocenters. The second-order valence-corrected chi connectivity index (χ2v) is 1.63. The molecule has 0 rings (SSSR count). The van der Waals surface area contributed by atoms with Gasteiger partial charge in [-0.15, -0.1) is 0 Å². The summed E-state index contributed by atoms with van der Waals surface area (Å²) in [6.45, 7) is -1.16. The monoisotopic (exact) mass is 178 g/mol. The Morgan fingerprint density at radius 2 is 1.83 bits per heavy atom. The molecule has 0 radical (unpaired) electrons.